The maximum absolute atomic E-state index is 13.6. The summed E-state index contributed by atoms with van der Waals surface area (Å²) in [6, 6.07) is 14.9. The van der Waals surface area contributed by atoms with E-state index in [0.29, 0.717) is 54.7 Å². The van der Waals surface area contributed by atoms with Gasteiger partial charge in [-0.1, -0.05) is 30.3 Å². The van der Waals surface area contributed by atoms with Crippen molar-refractivity contribution in [2.24, 2.45) is 0 Å². The van der Waals surface area contributed by atoms with Gasteiger partial charge in [0.15, 0.2) is 16.9 Å². The summed E-state index contributed by atoms with van der Waals surface area (Å²) < 4.78 is 28.4. The smallest absolute Gasteiger partial charge is 0.231 e. The molecule has 0 bridgehead atoms. The second kappa shape index (κ2) is 10.5. The molecule has 1 atom stereocenters. The highest BCUT2D eigenvalue weighted by molar-refractivity contribution is 5.91. The van der Waals surface area contributed by atoms with E-state index in [-0.39, 0.29) is 47.2 Å². The fourth-order valence-corrected chi connectivity index (χ4v) is 5.26. The second-order valence-electron chi connectivity index (χ2n) is 9.58. The third-order valence-electron chi connectivity index (χ3n) is 7.23. The third kappa shape index (κ3) is 4.56. The molecule has 3 heterocycles. The molecule has 0 spiro atoms. The molecule has 2 aliphatic heterocycles. The number of ether oxygens (including phenoxy) is 4. The van der Waals surface area contributed by atoms with E-state index in [1.54, 1.807) is 29.2 Å². The van der Waals surface area contributed by atoms with Crippen LogP contribution in [0.4, 0.5) is 0 Å². The average Bonchev–Trinajstić information content (AvgIpc) is 3.45. The summed E-state index contributed by atoms with van der Waals surface area (Å²) in [5.41, 5.74) is 0.893. The van der Waals surface area contributed by atoms with Crippen LogP contribution in [0.3, 0.4) is 0 Å². The van der Waals surface area contributed by atoms with Crippen LogP contribution in [0.5, 0.6) is 28.7 Å². The summed E-state index contributed by atoms with van der Waals surface area (Å²) in [6.07, 6.45) is -0.0739. The highest BCUT2D eigenvalue weighted by Crippen LogP contribution is 2.48. The number of hydrogen-bond donors (Lipinski definition) is 2. The van der Waals surface area contributed by atoms with Gasteiger partial charge in [-0.05, 0) is 17.7 Å². The van der Waals surface area contributed by atoms with E-state index in [1.807, 2.05) is 18.2 Å². The van der Waals surface area contributed by atoms with Crippen LogP contribution < -0.4 is 19.6 Å². The summed E-state index contributed by atoms with van der Waals surface area (Å²) in [6.45, 7) is 1.74. The van der Waals surface area contributed by atoms with Crippen molar-refractivity contribution >= 4 is 16.9 Å². The van der Waals surface area contributed by atoms with Crippen molar-refractivity contribution in [1.82, 2.24) is 4.90 Å². The molecule has 6 rings (SSSR count). The zero-order valence-corrected chi connectivity index (χ0v) is 21.7. The quantitative estimate of drug-likeness (QED) is 0.370. The lowest BCUT2D eigenvalue weighted by atomic mass is 9.85. The Bertz CT molecular complexity index is 1640. The lowest BCUT2D eigenvalue weighted by Crippen LogP contribution is -2.41. The molecular weight excluding hydrogens is 518 g/mol. The number of fused-ring (bicyclic) bond motifs is 2. The van der Waals surface area contributed by atoms with Gasteiger partial charge in [-0.2, -0.15) is 0 Å². The van der Waals surface area contributed by atoms with E-state index in [9.17, 15) is 19.8 Å². The van der Waals surface area contributed by atoms with E-state index in [2.05, 4.69) is 0 Å². The molecule has 2 N–H and O–H groups in total. The highest BCUT2D eigenvalue weighted by atomic mass is 16.7. The zero-order valence-electron chi connectivity index (χ0n) is 21.7. The van der Waals surface area contributed by atoms with Crippen LogP contribution in [0.15, 0.2) is 63.8 Å². The van der Waals surface area contributed by atoms with Gasteiger partial charge in [-0.25, -0.2) is 0 Å². The normalized spacial score (nSPS) is 15.3. The first-order valence-corrected chi connectivity index (χ1v) is 12.9. The number of morpholine rings is 1. The highest BCUT2D eigenvalue weighted by Gasteiger charge is 2.32. The average molecular weight is 546 g/mol. The van der Waals surface area contributed by atoms with Gasteiger partial charge in [0.2, 0.25) is 18.4 Å². The number of methoxy groups -OCH3 is 1. The Morgan fingerprint density at radius 3 is 2.55 bits per heavy atom. The van der Waals surface area contributed by atoms with Crippen LogP contribution in [0.1, 0.15) is 23.5 Å². The number of aromatic hydroxyl groups is 2. The first-order valence-electron chi connectivity index (χ1n) is 12.9. The summed E-state index contributed by atoms with van der Waals surface area (Å²) in [7, 11) is 1.49. The number of carbonyl (C=O) groups excluding carboxylic acids is 1. The predicted octanol–water partition coefficient (Wildman–Crippen LogP) is 3.99. The van der Waals surface area contributed by atoms with Gasteiger partial charge in [-0.3, -0.25) is 9.59 Å². The summed E-state index contributed by atoms with van der Waals surface area (Å²) in [5, 5.41) is 21.9. The second-order valence-corrected chi connectivity index (χ2v) is 9.58. The number of carbonyl (C=O) groups is 1. The Labute approximate surface area is 228 Å². The first-order chi connectivity index (χ1) is 19.4. The van der Waals surface area contributed by atoms with E-state index in [1.165, 1.54) is 13.2 Å². The van der Waals surface area contributed by atoms with E-state index >= 15 is 0 Å². The predicted molar refractivity (Wildman–Crippen MR) is 144 cm³/mol. The van der Waals surface area contributed by atoms with Gasteiger partial charge < -0.3 is 38.5 Å². The number of phenols is 2. The Kier molecular flexibility index (Phi) is 6.69. The van der Waals surface area contributed by atoms with Crippen LogP contribution in [-0.2, 0) is 9.53 Å². The van der Waals surface area contributed by atoms with Crippen molar-refractivity contribution in [3.63, 3.8) is 0 Å². The molecule has 1 aromatic heterocycles. The van der Waals surface area contributed by atoms with Crippen molar-refractivity contribution in [3.8, 4) is 40.1 Å². The van der Waals surface area contributed by atoms with Crippen molar-refractivity contribution in [2.75, 3.05) is 40.2 Å². The molecule has 206 valence electrons. The van der Waals surface area contributed by atoms with Crippen LogP contribution in [0.2, 0.25) is 0 Å². The molecule has 10 nitrogen and oxygen atoms in total. The minimum absolute atomic E-state index is 0.00915. The molecule has 1 unspecified atom stereocenters. The molecule has 0 aliphatic carbocycles. The maximum Gasteiger partial charge on any atom is 0.231 e. The Morgan fingerprint density at radius 2 is 1.80 bits per heavy atom. The lowest BCUT2D eigenvalue weighted by molar-refractivity contribution is -0.135. The fraction of sp³-hybridized carbons (Fsp3) is 0.267. The monoisotopic (exact) mass is 545 g/mol. The van der Waals surface area contributed by atoms with E-state index in [4.69, 9.17) is 23.4 Å². The van der Waals surface area contributed by atoms with Gasteiger partial charge in [-0.15, -0.1) is 0 Å². The molecule has 0 radical (unpaired) electrons. The van der Waals surface area contributed by atoms with Gasteiger partial charge in [0, 0.05) is 48.7 Å². The van der Waals surface area contributed by atoms with Crippen LogP contribution in [-0.4, -0.2) is 61.2 Å². The largest absolute Gasteiger partial charge is 0.507 e. The van der Waals surface area contributed by atoms with Crippen LogP contribution in [0.25, 0.3) is 22.3 Å². The molecule has 1 fully saturated rings. The molecular formula is C30H27NO9. The minimum atomic E-state index is -0.809. The molecule has 10 heteroatoms. The van der Waals surface area contributed by atoms with Crippen molar-refractivity contribution in [2.45, 2.75) is 12.3 Å². The lowest BCUT2D eigenvalue weighted by Gasteiger charge is -2.29. The molecule has 1 amide bonds. The number of nitrogens with zero attached hydrogens (tertiary/aromatic N) is 1. The number of rotatable bonds is 6. The molecule has 1 saturated heterocycles. The molecule has 4 aromatic rings. The van der Waals surface area contributed by atoms with Crippen molar-refractivity contribution < 1.29 is 38.4 Å². The SMILES string of the molecule is COc1cc(C(CC(=O)N2CCOCC2)c2c(O)cc(O)c3c(=O)cc(-c4ccccc4)oc23)cc2c1OCO2. The number of phenolic OH excluding ortho intramolecular Hbond substituents is 2. The number of benzene rings is 3. The van der Waals surface area contributed by atoms with Crippen molar-refractivity contribution in [1.29, 1.82) is 0 Å². The van der Waals surface area contributed by atoms with E-state index < -0.39 is 17.1 Å². The summed E-state index contributed by atoms with van der Waals surface area (Å²) in [4.78, 5) is 28.6. The topological polar surface area (TPSA) is 128 Å². The fourth-order valence-electron chi connectivity index (χ4n) is 5.26. The Balaban J connectivity index is 1.58. The first kappa shape index (κ1) is 25.6. The minimum Gasteiger partial charge on any atom is -0.507 e. The number of hydrogen-bond acceptors (Lipinski definition) is 9. The van der Waals surface area contributed by atoms with Crippen molar-refractivity contribution in [3.05, 3.63) is 75.9 Å². The Morgan fingerprint density at radius 1 is 1.02 bits per heavy atom. The van der Waals surface area contributed by atoms with Gasteiger partial charge in [0.1, 0.15) is 28.2 Å². The summed E-state index contributed by atoms with van der Waals surface area (Å²) >= 11 is 0. The van der Waals surface area contributed by atoms with Crippen LogP contribution in [0, 0.1) is 0 Å². The number of amides is 1. The summed E-state index contributed by atoms with van der Waals surface area (Å²) in [5.74, 6) is -0.230. The van der Waals surface area contributed by atoms with Gasteiger partial charge in [0.25, 0.3) is 0 Å². The molecule has 40 heavy (non-hydrogen) atoms. The molecule has 0 saturated carbocycles. The van der Waals surface area contributed by atoms with E-state index in [0.717, 1.165) is 6.07 Å². The maximum atomic E-state index is 13.6. The molecule has 3 aromatic carbocycles. The van der Waals surface area contributed by atoms with Gasteiger partial charge >= 0.3 is 0 Å². The zero-order chi connectivity index (χ0) is 27.8. The standard InChI is InChI=1S/C30H27NO9/c1-36-24-11-18(12-25-29(24)39-16-38-25)19(13-26(35)31-7-9-37-10-8-31)27-20(32)14-21(33)28-22(34)15-23(40-30(27)28)17-5-3-2-4-6-17/h2-6,11-12,14-15,19,32-33H,7-10,13,16H2,1H3. The van der Waals surface area contributed by atoms with Crippen LogP contribution >= 0.6 is 0 Å². The molecule has 2 aliphatic rings. The third-order valence-corrected chi connectivity index (χ3v) is 7.23. The van der Waals surface area contributed by atoms with Gasteiger partial charge in [0.05, 0.1) is 20.3 Å². The Hall–Kier alpha value is -4.70.